The summed E-state index contributed by atoms with van der Waals surface area (Å²) in [5, 5.41) is 3.05. The maximum atomic E-state index is 14.0. The highest BCUT2D eigenvalue weighted by atomic mass is 32.2. The predicted octanol–water partition coefficient (Wildman–Crippen LogP) is 5.71. The molecule has 0 bridgehead atoms. The topological polar surface area (TPSA) is 86.8 Å². The molecule has 7 nitrogen and oxygen atoms in total. The second-order valence-electron chi connectivity index (χ2n) is 11.0. The van der Waals surface area contributed by atoms with E-state index in [4.69, 9.17) is 0 Å². The Bertz CT molecular complexity index is 1440. The number of hydrogen-bond acceptors (Lipinski definition) is 4. The van der Waals surface area contributed by atoms with Gasteiger partial charge < -0.3 is 10.2 Å². The van der Waals surface area contributed by atoms with Gasteiger partial charge in [-0.1, -0.05) is 80.1 Å². The third-order valence-corrected chi connectivity index (χ3v) is 8.88. The number of unbranched alkanes of at least 4 members (excludes halogenated alkanes) is 1. The SMILES string of the molecule is CCCCNC(=O)[C@@H](Cc1ccccc1)N(Cc1ccccc1C)C(=O)CCCN(c1cccc(C)c1C)S(C)(=O)=O. The lowest BCUT2D eigenvalue weighted by Gasteiger charge is -2.32. The number of carbonyl (C=O) groups is 2. The van der Waals surface area contributed by atoms with Crippen molar-refractivity contribution in [3.05, 3.63) is 101 Å². The fourth-order valence-corrected chi connectivity index (χ4v) is 6.04. The molecule has 0 fully saturated rings. The minimum atomic E-state index is -3.57. The van der Waals surface area contributed by atoms with E-state index in [1.54, 1.807) is 11.0 Å². The summed E-state index contributed by atoms with van der Waals surface area (Å²) in [6, 6.07) is 22.5. The number of anilines is 1. The van der Waals surface area contributed by atoms with Crippen molar-refractivity contribution in [3.63, 3.8) is 0 Å². The lowest BCUT2D eigenvalue weighted by Crippen LogP contribution is -2.50. The molecule has 0 heterocycles. The van der Waals surface area contributed by atoms with Gasteiger partial charge in [0.25, 0.3) is 0 Å². The van der Waals surface area contributed by atoms with Crippen molar-refractivity contribution >= 4 is 27.5 Å². The second kappa shape index (κ2) is 15.5. The maximum absolute atomic E-state index is 14.0. The highest BCUT2D eigenvalue weighted by molar-refractivity contribution is 7.92. The molecule has 0 saturated carbocycles. The maximum Gasteiger partial charge on any atom is 0.243 e. The summed E-state index contributed by atoms with van der Waals surface area (Å²) in [5.41, 5.74) is 5.49. The monoisotopic (exact) mass is 591 g/mol. The zero-order valence-electron chi connectivity index (χ0n) is 25.6. The van der Waals surface area contributed by atoms with E-state index in [0.29, 0.717) is 25.1 Å². The van der Waals surface area contributed by atoms with E-state index in [0.717, 1.165) is 40.7 Å². The molecule has 3 aromatic rings. The van der Waals surface area contributed by atoms with Gasteiger partial charge in [0, 0.05) is 32.5 Å². The number of rotatable bonds is 15. The van der Waals surface area contributed by atoms with Crippen LogP contribution >= 0.6 is 0 Å². The van der Waals surface area contributed by atoms with Crippen LogP contribution in [0.15, 0.2) is 72.8 Å². The highest BCUT2D eigenvalue weighted by Gasteiger charge is 2.31. The Labute approximate surface area is 252 Å². The second-order valence-corrected chi connectivity index (χ2v) is 12.9. The van der Waals surface area contributed by atoms with Crippen molar-refractivity contribution in [2.45, 2.75) is 72.4 Å². The minimum Gasteiger partial charge on any atom is -0.354 e. The third kappa shape index (κ3) is 9.18. The van der Waals surface area contributed by atoms with E-state index in [-0.39, 0.29) is 31.3 Å². The molecule has 42 heavy (non-hydrogen) atoms. The highest BCUT2D eigenvalue weighted by Crippen LogP contribution is 2.26. The van der Waals surface area contributed by atoms with Crippen LogP contribution in [0.4, 0.5) is 5.69 Å². The summed E-state index contributed by atoms with van der Waals surface area (Å²) in [5.74, 6) is -0.360. The fraction of sp³-hybridized carbons (Fsp3) is 0.412. The van der Waals surface area contributed by atoms with Crippen molar-refractivity contribution in [1.29, 1.82) is 0 Å². The molecular weight excluding hydrogens is 546 g/mol. The molecular formula is C34H45N3O4S. The number of benzene rings is 3. The average Bonchev–Trinajstić information content (AvgIpc) is 2.95. The Hall–Kier alpha value is -3.65. The minimum absolute atomic E-state index is 0.107. The molecule has 0 spiro atoms. The van der Waals surface area contributed by atoms with Crippen LogP contribution in [0.3, 0.4) is 0 Å². The van der Waals surface area contributed by atoms with Gasteiger partial charge in [0.05, 0.1) is 11.9 Å². The van der Waals surface area contributed by atoms with Gasteiger partial charge in [-0.25, -0.2) is 8.42 Å². The molecule has 3 aromatic carbocycles. The Morgan fingerprint density at radius 3 is 2.19 bits per heavy atom. The van der Waals surface area contributed by atoms with E-state index in [9.17, 15) is 18.0 Å². The number of sulfonamides is 1. The van der Waals surface area contributed by atoms with Crippen LogP contribution in [-0.2, 0) is 32.6 Å². The molecule has 0 saturated heterocycles. The first-order valence-corrected chi connectivity index (χ1v) is 16.6. The smallest absolute Gasteiger partial charge is 0.243 e. The summed E-state index contributed by atoms with van der Waals surface area (Å²) in [4.78, 5) is 29.3. The van der Waals surface area contributed by atoms with E-state index >= 15 is 0 Å². The summed E-state index contributed by atoms with van der Waals surface area (Å²) in [6.45, 7) is 8.93. The van der Waals surface area contributed by atoms with Gasteiger partial charge in [0.1, 0.15) is 6.04 Å². The van der Waals surface area contributed by atoms with Gasteiger partial charge >= 0.3 is 0 Å². The largest absolute Gasteiger partial charge is 0.354 e. The molecule has 0 unspecified atom stereocenters. The molecule has 226 valence electrons. The van der Waals surface area contributed by atoms with Crippen LogP contribution in [0, 0.1) is 20.8 Å². The van der Waals surface area contributed by atoms with E-state index in [2.05, 4.69) is 12.2 Å². The van der Waals surface area contributed by atoms with Crippen LogP contribution in [-0.4, -0.2) is 50.5 Å². The number of nitrogens with one attached hydrogen (secondary N) is 1. The van der Waals surface area contributed by atoms with Gasteiger partial charge in [-0.3, -0.25) is 13.9 Å². The number of amides is 2. The number of nitrogens with zero attached hydrogens (tertiary/aromatic N) is 2. The van der Waals surface area contributed by atoms with Gasteiger partial charge in [-0.15, -0.1) is 0 Å². The van der Waals surface area contributed by atoms with E-state index in [1.165, 1.54) is 10.6 Å². The number of aryl methyl sites for hydroxylation is 2. The average molecular weight is 592 g/mol. The predicted molar refractivity (Wildman–Crippen MR) is 171 cm³/mol. The number of hydrogen-bond donors (Lipinski definition) is 1. The van der Waals surface area contributed by atoms with E-state index in [1.807, 2.05) is 87.5 Å². The van der Waals surface area contributed by atoms with Crippen LogP contribution in [0.25, 0.3) is 0 Å². The Balaban J connectivity index is 1.90. The van der Waals surface area contributed by atoms with Gasteiger partial charge in [0.2, 0.25) is 21.8 Å². The Kier molecular flexibility index (Phi) is 12.2. The molecule has 0 aliphatic heterocycles. The van der Waals surface area contributed by atoms with Crippen LogP contribution < -0.4 is 9.62 Å². The van der Waals surface area contributed by atoms with Crippen molar-refractivity contribution < 1.29 is 18.0 Å². The summed E-state index contributed by atoms with van der Waals surface area (Å²) >= 11 is 0. The molecule has 0 aliphatic rings. The molecule has 8 heteroatoms. The van der Waals surface area contributed by atoms with Crippen molar-refractivity contribution in [1.82, 2.24) is 10.2 Å². The van der Waals surface area contributed by atoms with E-state index < -0.39 is 16.1 Å². The van der Waals surface area contributed by atoms with Crippen LogP contribution in [0.1, 0.15) is 60.4 Å². The summed E-state index contributed by atoms with van der Waals surface area (Å²) in [7, 11) is -3.57. The lowest BCUT2D eigenvalue weighted by molar-refractivity contribution is -0.141. The molecule has 1 atom stereocenters. The zero-order valence-corrected chi connectivity index (χ0v) is 26.4. The Morgan fingerprint density at radius 1 is 0.857 bits per heavy atom. The standard InChI is InChI=1S/C34H45N3O4S/c1-6-7-22-35-34(39)32(24-29-17-9-8-10-18-29)36(25-30-19-12-11-15-27(30)3)33(38)21-14-23-37(42(5,40)41)31-20-13-16-26(2)28(31)4/h8-13,15-20,32H,6-7,14,21-25H2,1-5H3,(H,35,39)/t32-/m1/s1. The summed E-state index contributed by atoms with van der Waals surface area (Å²) < 4.78 is 27.0. The van der Waals surface area contributed by atoms with Crippen molar-refractivity contribution in [3.8, 4) is 0 Å². The molecule has 3 rings (SSSR count). The molecule has 0 aromatic heterocycles. The number of carbonyl (C=O) groups excluding carboxylic acids is 2. The van der Waals surface area contributed by atoms with Gasteiger partial charge in [-0.2, -0.15) is 0 Å². The molecule has 2 amide bonds. The molecule has 0 aliphatic carbocycles. The molecule has 1 N–H and O–H groups in total. The van der Waals surface area contributed by atoms with Crippen LogP contribution in [0.2, 0.25) is 0 Å². The van der Waals surface area contributed by atoms with Crippen molar-refractivity contribution in [2.75, 3.05) is 23.7 Å². The summed E-state index contributed by atoms with van der Waals surface area (Å²) in [6.07, 6.45) is 3.81. The van der Waals surface area contributed by atoms with Gasteiger partial charge in [-0.05, 0) is 67.5 Å². The third-order valence-electron chi connectivity index (χ3n) is 7.70. The van der Waals surface area contributed by atoms with Crippen molar-refractivity contribution in [2.24, 2.45) is 0 Å². The van der Waals surface area contributed by atoms with Gasteiger partial charge in [0.15, 0.2) is 0 Å². The quantitative estimate of drug-likeness (QED) is 0.229. The first-order valence-electron chi connectivity index (χ1n) is 14.7. The lowest BCUT2D eigenvalue weighted by atomic mass is 10.0. The fourth-order valence-electron chi connectivity index (χ4n) is 5.02. The normalized spacial score (nSPS) is 12.0. The zero-order chi connectivity index (χ0) is 30.7. The first-order chi connectivity index (χ1) is 20.0. The first kappa shape index (κ1) is 32.9. The molecule has 0 radical (unpaired) electrons. The van der Waals surface area contributed by atoms with Crippen LogP contribution in [0.5, 0.6) is 0 Å². The Morgan fingerprint density at radius 2 is 1.52 bits per heavy atom.